The lowest BCUT2D eigenvalue weighted by Crippen LogP contribution is -2.31. The molecule has 0 aliphatic heterocycles. The second kappa shape index (κ2) is 14.7. The molecule has 0 aliphatic carbocycles. The van der Waals surface area contributed by atoms with Gasteiger partial charge in [-0.05, 0) is 94.0 Å². The monoisotopic (exact) mass is 728 g/mol. The van der Waals surface area contributed by atoms with Crippen molar-refractivity contribution in [1.29, 1.82) is 0 Å². The second-order valence-electron chi connectivity index (χ2n) is 14.5. The van der Waals surface area contributed by atoms with Gasteiger partial charge in [0.05, 0.1) is 16.4 Å². The van der Waals surface area contributed by atoms with Crippen LogP contribution in [-0.4, -0.2) is 4.57 Å². The van der Waals surface area contributed by atoms with Crippen LogP contribution in [0.15, 0.2) is 243 Å². The Balaban J connectivity index is 1.18. The van der Waals surface area contributed by atoms with E-state index in [0.717, 1.165) is 22.7 Å². The van der Waals surface area contributed by atoms with Crippen LogP contribution in [0, 0.1) is 0 Å². The molecule has 2 heteroatoms. The third kappa shape index (κ3) is 6.00. The predicted octanol–water partition coefficient (Wildman–Crippen LogP) is 14.3. The summed E-state index contributed by atoms with van der Waals surface area (Å²) >= 11 is 0. The van der Waals surface area contributed by atoms with Crippen LogP contribution in [0.25, 0.3) is 38.6 Å². The number of nitrogens with zero attached hydrogens (tertiary/aromatic N) is 2. The smallest absolute Gasteiger partial charge is 0.0701 e. The van der Waals surface area contributed by atoms with Gasteiger partial charge in [0, 0.05) is 33.5 Å². The normalized spacial score (nSPS) is 11.5. The van der Waals surface area contributed by atoms with Gasteiger partial charge < -0.3 is 9.47 Å². The Morgan fingerprint density at radius 3 is 1.37 bits per heavy atom. The number of rotatable bonds is 9. The minimum Gasteiger partial charge on any atom is -0.310 e. The quantitative estimate of drug-likeness (QED) is 0.134. The van der Waals surface area contributed by atoms with Crippen molar-refractivity contribution in [3.05, 3.63) is 265 Å². The zero-order valence-electron chi connectivity index (χ0n) is 31.5. The van der Waals surface area contributed by atoms with Crippen LogP contribution < -0.4 is 4.90 Å². The third-order valence-corrected chi connectivity index (χ3v) is 11.3. The van der Waals surface area contributed by atoms with Gasteiger partial charge in [0.25, 0.3) is 0 Å². The van der Waals surface area contributed by atoms with Crippen molar-refractivity contribution in [3.8, 4) is 16.8 Å². The molecule has 0 saturated carbocycles. The van der Waals surface area contributed by atoms with E-state index in [2.05, 4.69) is 252 Å². The molecule has 0 bridgehead atoms. The van der Waals surface area contributed by atoms with E-state index in [4.69, 9.17) is 0 Å². The highest BCUT2D eigenvalue weighted by atomic mass is 15.1. The Morgan fingerprint density at radius 2 is 0.754 bits per heavy atom. The van der Waals surface area contributed by atoms with Crippen molar-refractivity contribution < 1.29 is 0 Å². The zero-order valence-corrected chi connectivity index (χ0v) is 31.5. The molecule has 1 aromatic heterocycles. The highest BCUT2D eigenvalue weighted by molar-refractivity contribution is 6.10. The topological polar surface area (TPSA) is 8.17 Å². The maximum Gasteiger partial charge on any atom is 0.0701 e. The van der Waals surface area contributed by atoms with Gasteiger partial charge in [-0.25, -0.2) is 0 Å². The molecule has 1 heterocycles. The first-order valence-electron chi connectivity index (χ1n) is 19.6. The molecule has 10 aromatic rings. The molecule has 10 rings (SSSR count). The maximum atomic E-state index is 2.40. The van der Waals surface area contributed by atoms with E-state index in [1.165, 1.54) is 55.2 Å². The average Bonchev–Trinajstić information content (AvgIpc) is 3.63. The Bertz CT molecular complexity index is 2820. The molecule has 57 heavy (non-hydrogen) atoms. The molecule has 0 unspecified atom stereocenters. The Labute approximate surface area is 334 Å². The molecule has 0 saturated heterocycles. The van der Waals surface area contributed by atoms with E-state index in [-0.39, 0.29) is 0 Å². The van der Waals surface area contributed by atoms with Crippen molar-refractivity contribution in [2.75, 3.05) is 4.90 Å². The van der Waals surface area contributed by atoms with E-state index in [0.29, 0.717) is 0 Å². The van der Waals surface area contributed by atoms with Crippen LogP contribution in [0.1, 0.15) is 22.3 Å². The van der Waals surface area contributed by atoms with Crippen LogP contribution >= 0.6 is 0 Å². The highest BCUT2D eigenvalue weighted by Crippen LogP contribution is 2.47. The van der Waals surface area contributed by atoms with E-state index in [1.54, 1.807) is 0 Å². The van der Waals surface area contributed by atoms with Crippen molar-refractivity contribution in [3.63, 3.8) is 0 Å². The zero-order chi connectivity index (χ0) is 38.0. The van der Waals surface area contributed by atoms with E-state index in [9.17, 15) is 0 Å². The van der Waals surface area contributed by atoms with Crippen LogP contribution in [0.5, 0.6) is 0 Å². The average molecular weight is 729 g/mol. The van der Waals surface area contributed by atoms with Gasteiger partial charge in [0.15, 0.2) is 0 Å². The summed E-state index contributed by atoms with van der Waals surface area (Å²) in [5, 5.41) is 2.44. The summed E-state index contributed by atoms with van der Waals surface area (Å²) in [4.78, 5) is 2.40. The standard InChI is InChI=1S/C55H40N2/c1-6-19-41(20-7-1)42-21-18-30-49(39-42)56(50-37-38-54-52(40-50)51-31-16-17-32-53(51)57(54)47-28-14-5-15-29-47)48-35-33-46(34-36-48)55(43-22-8-2-9-23-43,44-24-10-3-11-25-44)45-26-12-4-13-27-45/h1-40H. The number of hydrogen-bond donors (Lipinski definition) is 0. The second-order valence-corrected chi connectivity index (χ2v) is 14.5. The van der Waals surface area contributed by atoms with Crippen LogP contribution in [-0.2, 0) is 5.41 Å². The summed E-state index contributed by atoms with van der Waals surface area (Å²) in [5.74, 6) is 0. The first-order chi connectivity index (χ1) is 28.3. The summed E-state index contributed by atoms with van der Waals surface area (Å²) in [6.45, 7) is 0. The number of benzene rings is 9. The molecule has 0 aliphatic rings. The first-order valence-corrected chi connectivity index (χ1v) is 19.6. The maximum absolute atomic E-state index is 2.40. The molecular weight excluding hydrogens is 689 g/mol. The van der Waals surface area contributed by atoms with Crippen LogP contribution in [0.2, 0.25) is 0 Å². The molecule has 0 radical (unpaired) electrons. The molecular formula is C55H40N2. The third-order valence-electron chi connectivity index (χ3n) is 11.3. The number of aromatic nitrogens is 1. The predicted molar refractivity (Wildman–Crippen MR) is 239 cm³/mol. The molecule has 0 spiro atoms. The van der Waals surface area contributed by atoms with Crippen molar-refractivity contribution in [2.45, 2.75) is 5.41 Å². The molecule has 2 nitrogen and oxygen atoms in total. The number of para-hydroxylation sites is 2. The lowest BCUT2D eigenvalue weighted by Gasteiger charge is -2.37. The fourth-order valence-electron chi connectivity index (χ4n) is 8.78. The fourth-order valence-corrected chi connectivity index (χ4v) is 8.78. The molecule has 0 atom stereocenters. The van der Waals surface area contributed by atoms with E-state index >= 15 is 0 Å². The molecule has 0 amide bonds. The Morgan fingerprint density at radius 1 is 0.298 bits per heavy atom. The van der Waals surface area contributed by atoms with Gasteiger partial charge in [-0.3, -0.25) is 0 Å². The minimum atomic E-state index is -0.529. The van der Waals surface area contributed by atoms with Gasteiger partial charge in [-0.15, -0.1) is 0 Å². The largest absolute Gasteiger partial charge is 0.310 e. The summed E-state index contributed by atoms with van der Waals surface area (Å²) in [7, 11) is 0. The first kappa shape index (κ1) is 34.1. The minimum absolute atomic E-state index is 0.529. The number of fused-ring (bicyclic) bond motifs is 3. The van der Waals surface area contributed by atoms with Crippen molar-refractivity contribution in [1.82, 2.24) is 4.57 Å². The van der Waals surface area contributed by atoms with E-state index < -0.39 is 5.41 Å². The van der Waals surface area contributed by atoms with Crippen molar-refractivity contribution >= 4 is 38.9 Å². The van der Waals surface area contributed by atoms with Gasteiger partial charge in [0.1, 0.15) is 0 Å². The highest BCUT2D eigenvalue weighted by Gasteiger charge is 2.38. The molecule has 0 fully saturated rings. The van der Waals surface area contributed by atoms with Gasteiger partial charge in [-0.2, -0.15) is 0 Å². The molecule has 9 aromatic carbocycles. The van der Waals surface area contributed by atoms with Gasteiger partial charge >= 0.3 is 0 Å². The number of anilines is 3. The van der Waals surface area contributed by atoms with Gasteiger partial charge in [0.2, 0.25) is 0 Å². The Kier molecular flexibility index (Phi) is 8.78. The summed E-state index contributed by atoms with van der Waals surface area (Å²) in [6, 6.07) is 87.9. The van der Waals surface area contributed by atoms with Crippen LogP contribution in [0.3, 0.4) is 0 Å². The fraction of sp³-hybridized carbons (Fsp3) is 0.0182. The van der Waals surface area contributed by atoms with Crippen LogP contribution in [0.4, 0.5) is 17.1 Å². The summed E-state index contributed by atoms with van der Waals surface area (Å²) in [5.41, 5.74) is 13.5. The molecule has 0 N–H and O–H groups in total. The van der Waals surface area contributed by atoms with Crippen molar-refractivity contribution in [2.24, 2.45) is 0 Å². The summed E-state index contributed by atoms with van der Waals surface area (Å²) < 4.78 is 2.37. The van der Waals surface area contributed by atoms with E-state index in [1.807, 2.05) is 0 Å². The van der Waals surface area contributed by atoms with Gasteiger partial charge in [-0.1, -0.05) is 182 Å². The molecule has 270 valence electrons. The number of hydrogen-bond acceptors (Lipinski definition) is 1. The lowest BCUT2D eigenvalue weighted by molar-refractivity contribution is 0.745. The summed E-state index contributed by atoms with van der Waals surface area (Å²) in [6.07, 6.45) is 0. The SMILES string of the molecule is c1ccc(-c2cccc(N(c3ccc(C(c4ccccc4)(c4ccccc4)c4ccccc4)cc3)c3ccc4c(c3)c3ccccc3n4-c3ccccc3)c2)cc1. The lowest BCUT2D eigenvalue weighted by atomic mass is 9.65. The Hall–Kier alpha value is -7.42.